The predicted octanol–water partition coefficient (Wildman–Crippen LogP) is 4.17. The molecule has 0 bridgehead atoms. The van der Waals surface area contributed by atoms with Gasteiger partial charge in [0.15, 0.2) is 5.82 Å². The Labute approximate surface area is 135 Å². The van der Waals surface area contributed by atoms with Crippen LogP contribution in [-0.4, -0.2) is 8.42 Å². The van der Waals surface area contributed by atoms with Crippen molar-refractivity contribution in [2.75, 3.05) is 10.5 Å². The zero-order valence-corrected chi connectivity index (χ0v) is 13.3. The molecule has 0 aliphatic heterocycles. The molecule has 2 rings (SSSR count). The van der Waals surface area contributed by atoms with Gasteiger partial charge >= 0.3 is 0 Å². The zero-order chi connectivity index (χ0) is 15.8. The Bertz CT molecular complexity index is 792. The predicted molar refractivity (Wildman–Crippen MR) is 83.1 cm³/mol. The summed E-state index contributed by atoms with van der Waals surface area (Å²) in [5, 5.41) is -0.791. The number of para-hydroxylation sites is 1. The highest BCUT2D eigenvalue weighted by atomic mass is 35.5. The average Bonchev–Trinajstić information content (AvgIpc) is 2.40. The number of rotatable bonds is 3. The topological polar surface area (TPSA) is 72.2 Å². The lowest BCUT2D eigenvalue weighted by Gasteiger charge is -2.13. The van der Waals surface area contributed by atoms with Gasteiger partial charge in [-0.1, -0.05) is 40.9 Å². The smallest absolute Gasteiger partial charge is 0.263 e. The molecule has 0 spiro atoms. The van der Waals surface area contributed by atoms with Crippen molar-refractivity contribution in [1.29, 1.82) is 0 Å². The third-order valence-electron chi connectivity index (χ3n) is 2.57. The molecular weight excluding hydrogens is 362 g/mol. The van der Waals surface area contributed by atoms with E-state index in [9.17, 15) is 12.8 Å². The van der Waals surface area contributed by atoms with Gasteiger partial charge in [-0.2, -0.15) is 0 Å². The van der Waals surface area contributed by atoms with Crippen LogP contribution in [0.5, 0.6) is 0 Å². The molecule has 3 N–H and O–H groups in total. The first kappa shape index (κ1) is 16.2. The quantitative estimate of drug-likeness (QED) is 0.630. The van der Waals surface area contributed by atoms with E-state index in [0.29, 0.717) is 0 Å². The molecule has 0 unspecified atom stereocenters. The Morgan fingerprint density at radius 1 is 1.05 bits per heavy atom. The van der Waals surface area contributed by atoms with Crippen molar-refractivity contribution in [3.8, 4) is 0 Å². The molecule has 0 atom stereocenters. The second-order valence-corrected chi connectivity index (χ2v) is 6.83. The van der Waals surface area contributed by atoms with Crippen molar-refractivity contribution < 1.29 is 12.8 Å². The van der Waals surface area contributed by atoms with E-state index >= 15 is 0 Å². The highest BCUT2D eigenvalue weighted by molar-refractivity contribution is 7.92. The number of benzene rings is 2. The van der Waals surface area contributed by atoms with Crippen molar-refractivity contribution in [2.24, 2.45) is 0 Å². The van der Waals surface area contributed by atoms with Gasteiger partial charge in [-0.25, -0.2) is 12.8 Å². The van der Waals surface area contributed by atoms with Crippen LogP contribution in [-0.2, 0) is 10.0 Å². The Kier molecular flexibility index (Phi) is 4.53. The molecule has 2 aromatic carbocycles. The molecule has 0 amide bonds. The van der Waals surface area contributed by atoms with Crippen molar-refractivity contribution in [3.05, 3.63) is 51.2 Å². The minimum atomic E-state index is -4.17. The maximum atomic E-state index is 13.6. The summed E-state index contributed by atoms with van der Waals surface area (Å²) in [6.45, 7) is 0. The first-order valence-corrected chi connectivity index (χ1v) is 8.06. The van der Waals surface area contributed by atoms with Crippen molar-refractivity contribution in [1.82, 2.24) is 0 Å². The monoisotopic (exact) mass is 368 g/mol. The second kappa shape index (κ2) is 5.88. The van der Waals surface area contributed by atoms with Gasteiger partial charge in [0.2, 0.25) is 0 Å². The fourth-order valence-corrected chi connectivity index (χ4v) is 3.69. The summed E-state index contributed by atoms with van der Waals surface area (Å²) in [5.41, 5.74) is 5.77. The Hall–Kier alpha value is -1.21. The summed E-state index contributed by atoms with van der Waals surface area (Å²) in [4.78, 5) is -0.467. The number of nitrogens with two attached hydrogens (primary N) is 1. The van der Waals surface area contributed by atoms with E-state index in [1.54, 1.807) is 6.07 Å². The van der Waals surface area contributed by atoms with E-state index in [-0.39, 0.29) is 21.4 Å². The van der Waals surface area contributed by atoms with Crippen LogP contribution in [0.25, 0.3) is 0 Å². The average molecular weight is 370 g/mol. The lowest BCUT2D eigenvalue weighted by molar-refractivity contribution is 0.595. The summed E-state index contributed by atoms with van der Waals surface area (Å²) >= 11 is 17.1. The van der Waals surface area contributed by atoms with Gasteiger partial charge in [-0.15, -0.1) is 0 Å². The van der Waals surface area contributed by atoms with Gasteiger partial charge in [0, 0.05) is 0 Å². The number of nitrogen functional groups attached to an aromatic ring is 1. The highest BCUT2D eigenvalue weighted by Gasteiger charge is 2.23. The highest BCUT2D eigenvalue weighted by Crippen LogP contribution is 2.34. The van der Waals surface area contributed by atoms with Crippen molar-refractivity contribution >= 4 is 56.2 Å². The van der Waals surface area contributed by atoms with Gasteiger partial charge in [-0.05, 0) is 24.3 Å². The van der Waals surface area contributed by atoms with Gasteiger partial charge in [-0.3, -0.25) is 4.72 Å². The lowest BCUT2D eigenvalue weighted by atomic mass is 10.3. The Morgan fingerprint density at radius 3 is 2.33 bits per heavy atom. The minimum absolute atomic E-state index is 0.00871. The number of hydrogen-bond acceptors (Lipinski definition) is 3. The summed E-state index contributed by atoms with van der Waals surface area (Å²) in [7, 11) is -4.17. The van der Waals surface area contributed by atoms with Crippen LogP contribution in [0.4, 0.5) is 15.8 Å². The van der Waals surface area contributed by atoms with E-state index in [1.165, 1.54) is 12.1 Å². The van der Waals surface area contributed by atoms with Gasteiger partial charge in [0.25, 0.3) is 10.0 Å². The van der Waals surface area contributed by atoms with Crippen LogP contribution in [0.15, 0.2) is 35.2 Å². The SMILES string of the molecule is Nc1cccc(Cl)c1NS(=O)(=O)c1ccc(Cl)c(F)c1Cl. The van der Waals surface area contributed by atoms with Gasteiger partial charge in [0.1, 0.15) is 4.90 Å². The van der Waals surface area contributed by atoms with Crippen LogP contribution in [0.3, 0.4) is 0 Å². The Morgan fingerprint density at radius 2 is 1.71 bits per heavy atom. The first-order valence-electron chi connectivity index (χ1n) is 5.44. The summed E-state index contributed by atoms with van der Waals surface area (Å²) in [5.74, 6) is -1.02. The molecule has 21 heavy (non-hydrogen) atoms. The molecule has 4 nitrogen and oxygen atoms in total. The maximum absolute atomic E-state index is 13.6. The molecule has 0 fully saturated rings. The fourth-order valence-electron chi connectivity index (χ4n) is 1.55. The van der Waals surface area contributed by atoms with Crippen LogP contribution in [0.2, 0.25) is 15.1 Å². The molecule has 9 heteroatoms. The number of anilines is 2. The molecule has 112 valence electrons. The van der Waals surface area contributed by atoms with E-state index in [4.69, 9.17) is 40.5 Å². The Balaban J connectivity index is 2.52. The van der Waals surface area contributed by atoms with Crippen LogP contribution in [0, 0.1) is 5.82 Å². The standard InChI is InChI=1S/C12H8Cl3FN2O2S/c13-6-4-5-9(10(15)11(6)16)21(19,20)18-12-7(14)2-1-3-8(12)17/h1-5,18H,17H2. The second-order valence-electron chi connectivity index (χ2n) is 3.98. The number of nitrogens with one attached hydrogen (secondary N) is 1. The molecule has 0 aliphatic carbocycles. The molecule has 0 aliphatic rings. The third-order valence-corrected chi connectivity index (χ3v) is 5.05. The fraction of sp³-hybridized carbons (Fsp3) is 0. The normalized spacial score (nSPS) is 11.4. The molecule has 0 saturated carbocycles. The minimum Gasteiger partial charge on any atom is -0.397 e. The van der Waals surface area contributed by atoms with E-state index in [2.05, 4.69) is 4.72 Å². The first-order chi connectivity index (χ1) is 9.74. The molecular formula is C12H8Cl3FN2O2S. The largest absolute Gasteiger partial charge is 0.397 e. The van der Waals surface area contributed by atoms with Crippen molar-refractivity contribution in [2.45, 2.75) is 4.90 Å². The van der Waals surface area contributed by atoms with Crippen LogP contribution in [0.1, 0.15) is 0 Å². The summed E-state index contributed by atoms with van der Waals surface area (Å²) in [6, 6.07) is 6.66. The van der Waals surface area contributed by atoms with Crippen LogP contribution < -0.4 is 10.5 Å². The van der Waals surface area contributed by atoms with E-state index in [0.717, 1.165) is 12.1 Å². The number of hydrogen-bond donors (Lipinski definition) is 2. The molecule has 0 saturated heterocycles. The van der Waals surface area contributed by atoms with Crippen molar-refractivity contribution in [3.63, 3.8) is 0 Å². The van der Waals surface area contributed by atoms with Gasteiger partial charge in [0.05, 0.1) is 26.4 Å². The lowest BCUT2D eigenvalue weighted by Crippen LogP contribution is -2.15. The van der Waals surface area contributed by atoms with Gasteiger partial charge < -0.3 is 5.73 Å². The zero-order valence-electron chi connectivity index (χ0n) is 10.2. The van der Waals surface area contributed by atoms with E-state index in [1.807, 2.05) is 0 Å². The maximum Gasteiger partial charge on any atom is 0.263 e. The molecule has 2 aromatic rings. The molecule has 0 aromatic heterocycles. The third kappa shape index (κ3) is 3.18. The molecule has 0 radical (unpaired) electrons. The van der Waals surface area contributed by atoms with E-state index < -0.39 is 25.8 Å². The van der Waals surface area contributed by atoms with Crippen LogP contribution >= 0.6 is 34.8 Å². The number of halogens is 4. The summed E-state index contributed by atoms with van der Waals surface area (Å²) < 4.78 is 40.3. The molecule has 0 heterocycles. The number of sulfonamides is 1. The summed E-state index contributed by atoms with van der Waals surface area (Å²) in [6.07, 6.45) is 0.